The van der Waals surface area contributed by atoms with Crippen LogP contribution < -0.4 is 24.3 Å². The Morgan fingerprint density at radius 1 is 1.00 bits per heavy atom. The fourth-order valence-corrected chi connectivity index (χ4v) is 4.67. The van der Waals surface area contributed by atoms with Crippen molar-refractivity contribution < 1.29 is 28.5 Å². The quantitative estimate of drug-likeness (QED) is 0.516. The summed E-state index contributed by atoms with van der Waals surface area (Å²) in [5, 5.41) is 3.07. The Balaban J connectivity index is 1.88. The minimum atomic E-state index is -0.400. The molecule has 0 spiro atoms. The molecular formula is C27H36N2O6. The van der Waals surface area contributed by atoms with Crippen LogP contribution in [0.4, 0.5) is 0 Å². The Kier molecular flexibility index (Phi) is 9.23. The van der Waals surface area contributed by atoms with E-state index in [2.05, 4.69) is 12.2 Å². The average molecular weight is 485 g/mol. The first-order chi connectivity index (χ1) is 17.0. The van der Waals surface area contributed by atoms with Crippen molar-refractivity contribution in [3.63, 3.8) is 0 Å². The molecule has 0 bridgehead atoms. The molecule has 1 aliphatic heterocycles. The number of para-hydroxylation sites is 1. The summed E-state index contributed by atoms with van der Waals surface area (Å²) < 4.78 is 21.9. The van der Waals surface area contributed by atoms with Crippen molar-refractivity contribution in [2.75, 3.05) is 35.0 Å². The first-order valence-electron chi connectivity index (χ1n) is 12.0. The Labute approximate surface area is 207 Å². The predicted molar refractivity (Wildman–Crippen MR) is 133 cm³/mol. The molecule has 2 amide bonds. The number of hydrogen-bond donors (Lipinski definition) is 1. The zero-order chi connectivity index (χ0) is 25.4. The lowest BCUT2D eigenvalue weighted by Crippen LogP contribution is -2.48. The third-order valence-electron chi connectivity index (χ3n) is 6.44. The summed E-state index contributed by atoms with van der Waals surface area (Å²) in [5.74, 6) is 1.79. The van der Waals surface area contributed by atoms with Crippen LogP contribution in [0.5, 0.6) is 23.0 Å². The van der Waals surface area contributed by atoms with Gasteiger partial charge >= 0.3 is 0 Å². The molecule has 1 saturated heterocycles. The van der Waals surface area contributed by atoms with Gasteiger partial charge in [-0.25, -0.2) is 0 Å². The first kappa shape index (κ1) is 26.2. The zero-order valence-corrected chi connectivity index (χ0v) is 21.3. The average Bonchev–Trinajstić information content (AvgIpc) is 2.89. The summed E-state index contributed by atoms with van der Waals surface area (Å²) in [6.07, 6.45) is 2.65. The van der Waals surface area contributed by atoms with Gasteiger partial charge in [-0.15, -0.1) is 0 Å². The number of likely N-dealkylation sites (tertiary alicyclic amines) is 1. The van der Waals surface area contributed by atoms with Gasteiger partial charge in [-0.1, -0.05) is 31.5 Å². The van der Waals surface area contributed by atoms with Crippen LogP contribution in [0.2, 0.25) is 0 Å². The lowest BCUT2D eigenvalue weighted by Gasteiger charge is -2.41. The largest absolute Gasteiger partial charge is 0.496 e. The molecule has 0 saturated carbocycles. The standard InChI is InChI=1S/C27H36N2O6/c1-6-7-14-29-24(30)13-12-20(25(29)19-10-8-9-11-21(19)32-2)27(31)28-17-18-15-22(33-3)26(35-5)23(16-18)34-4/h8-11,15-16,20,25H,6-7,12-14,17H2,1-5H3,(H,28,31). The van der Waals surface area contributed by atoms with E-state index in [9.17, 15) is 9.59 Å². The van der Waals surface area contributed by atoms with E-state index < -0.39 is 5.92 Å². The van der Waals surface area contributed by atoms with E-state index >= 15 is 0 Å². The topological polar surface area (TPSA) is 86.3 Å². The molecule has 1 N–H and O–H groups in total. The van der Waals surface area contributed by atoms with Crippen molar-refractivity contribution in [2.45, 2.75) is 45.2 Å². The minimum absolute atomic E-state index is 0.0723. The molecule has 8 heteroatoms. The minimum Gasteiger partial charge on any atom is -0.496 e. The summed E-state index contributed by atoms with van der Waals surface area (Å²) in [5.41, 5.74) is 1.67. The molecule has 0 aromatic heterocycles. The van der Waals surface area contributed by atoms with E-state index in [-0.39, 0.29) is 24.4 Å². The second-order valence-corrected chi connectivity index (χ2v) is 8.52. The highest BCUT2D eigenvalue weighted by Gasteiger charge is 2.41. The van der Waals surface area contributed by atoms with Crippen LogP contribution in [-0.4, -0.2) is 51.7 Å². The molecule has 1 fully saturated rings. The van der Waals surface area contributed by atoms with Crippen LogP contribution >= 0.6 is 0 Å². The van der Waals surface area contributed by atoms with E-state index in [1.54, 1.807) is 28.4 Å². The number of carbonyl (C=O) groups is 2. The maximum absolute atomic E-state index is 13.5. The predicted octanol–water partition coefficient (Wildman–Crippen LogP) is 4.12. The van der Waals surface area contributed by atoms with Crippen LogP contribution in [0.3, 0.4) is 0 Å². The molecular weight excluding hydrogens is 448 g/mol. The van der Waals surface area contributed by atoms with E-state index in [0.29, 0.717) is 42.4 Å². The number of amides is 2. The summed E-state index contributed by atoms with van der Waals surface area (Å²) in [4.78, 5) is 28.3. The molecule has 2 atom stereocenters. The molecule has 1 aliphatic rings. The Morgan fingerprint density at radius 3 is 2.26 bits per heavy atom. The van der Waals surface area contributed by atoms with Gasteiger partial charge in [-0.2, -0.15) is 0 Å². The fourth-order valence-electron chi connectivity index (χ4n) is 4.67. The van der Waals surface area contributed by atoms with Crippen LogP contribution in [0.15, 0.2) is 36.4 Å². The second kappa shape index (κ2) is 12.3. The summed E-state index contributed by atoms with van der Waals surface area (Å²) in [6.45, 7) is 2.98. The maximum atomic E-state index is 13.5. The fraction of sp³-hybridized carbons (Fsp3) is 0.481. The molecule has 35 heavy (non-hydrogen) atoms. The Morgan fingerprint density at radius 2 is 1.66 bits per heavy atom. The highest BCUT2D eigenvalue weighted by Crippen LogP contribution is 2.41. The number of unbranched alkanes of at least 4 members (excludes halogenated alkanes) is 1. The lowest BCUT2D eigenvalue weighted by atomic mass is 9.83. The van der Waals surface area contributed by atoms with Crippen molar-refractivity contribution in [1.29, 1.82) is 0 Å². The van der Waals surface area contributed by atoms with Gasteiger partial charge in [0.25, 0.3) is 0 Å². The monoisotopic (exact) mass is 484 g/mol. The molecule has 3 rings (SSSR count). The molecule has 190 valence electrons. The smallest absolute Gasteiger partial charge is 0.225 e. The van der Waals surface area contributed by atoms with Crippen LogP contribution in [0.25, 0.3) is 0 Å². The molecule has 0 aliphatic carbocycles. The molecule has 2 aromatic rings. The zero-order valence-electron chi connectivity index (χ0n) is 21.3. The number of carbonyl (C=O) groups excluding carboxylic acids is 2. The molecule has 0 radical (unpaired) electrons. The number of nitrogens with zero attached hydrogens (tertiary/aromatic N) is 1. The number of nitrogens with one attached hydrogen (secondary N) is 1. The highest BCUT2D eigenvalue weighted by atomic mass is 16.5. The van der Waals surface area contributed by atoms with Crippen LogP contribution in [0, 0.1) is 5.92 Å². The van der Waals surface area contributed by atoms with E-state index in [1.807, 2.05) is 41.3 Å². The number of hydrogen-bond acceptors (Lipinski definition) is 6. The van der Waals surface area contributed by atoms with Crippen LogP contribution in [0.1, 0.15) is 49.8 Å². The van der Waals surface area contributed by atoms with Crippen molar-refractivity contribution in [2.24, 2.45) is 5.92 Å². The Hall–Kier alpha value is -3.42. The maximum Gasteiger partial charge on any atom is 0.225 e. The van der Waals surface area contributed by atoms with Crippen molar-refractivity contribution in [3.8, 4) is 23.0 Å². The van der Waals surface area contributed by atoms with Gasteiger partial charge in [0, 0.05) is 25.1 Å². The van der Waals surface area contributed by atoms with Gasteiger partial charge in [0.05, 0.1) is 40.4 Å². The van der Waals surface area contributed by atoms with E-state index in [0.717, 1.165) is 24.0 Å². The summed E-state index contributed by atoms with van der Waals surface area (Å²) in [7, 11) is 6.27. The van der Waals surface area contributed by atoms with Gasteiger partial charge in [0.1, 0.15) is 5.75 Å². The number of piperidine rings is 1. The molecule has 1 heterocycles. The van der Waals surface area contributed by atoms with Crippen molar-refractivity contribution in [1.82, 2.24) is 10.2 Å². The molecule has 8 nitrogen and oxygen atoms in total. The third-order valence-corrected chi connectivity index (χ3v) is 6.44. The normalized spacial score (nSPS) is 17.6. The Bertz CT molecular complexity index is 999. The van der Waals surface area contributed by atoms with Crippen molar-refractivity contribution in [3.05, 3.63) is 47.5 Å². The van der Waals surface area contributed by atoms with E-state index in [1.165, 1.54) is 0 Å². The SMILES string of the molecule is CCCCN1C(=O)CCC(C(=O)NCc2cc(OC)c(OC)c(OC)c2)C1c1ccccc1OC. The number of rotatable bonds is 11. The highest BCUT2D eigenvalue weighted by molar-refractivity contribution is 5.85. The van der Waals surface area contributed by atoms with Gasteiger partial charge < -0.3 is 29.2 Å². The second-order valence-electron chi connectivity index (χ2n) is 8.52. The third kappa shape index (κ3) is 5.81. The van der Waals surface area contributed by atoms with Gasteiger partial charge in [-0.3, -0.25) is 9.59 Å². The molecule has 2 aromatic carbocycles. The van der Waals surface area contributed by atoms with Gasteiger partial charge in [-0.05, 0) is 36.6 Å². The lowest BCUT2D eigenvalue weighted by molar-refractivity contribution is -0.143. The van der Waals surface area contributed by atoms with Crippen molar-refractivity contribution >= 4 is 11.8 Å². The van der Waals surface area contributed by atoms with Gasteiger partial charge in [0.2, 0.25) is 17.6 Å². The van der Waals surface area contributed by atoms with Gasteiger partial charge in [0.15, 0.2) is 11.5 Å². The number of benzene rings is 2. The van der Waals surface area contributed by atoms with Crippen LogP contribution in [-0.2, 0) is 16.1 Å². The number of methoxy groups -OCH3 is 4. The summed E-state index contributed by atoms with van der Waals surface area (Å²) >= 11 is 0. The summed E-state index contributed by atoms with van der Waals surface area (Å²) in [6, 6.07) is 10.9. The first-order valence-corrected chi connectivity index (χ1v) is 12.0. The van der Waals surface area contributed by atoms with E-state index in [4.69, 9.17) is 18.9 Å². The number of ether oxygens (including phenoxy) is 4. The molecule has 2 unspecified atom stereocenters.